The minimum Gasteiger partial charge on any atom is -0.372 e. The Morgan fingerprint density at radius 2 is 2.06 bits per heavy atom. The Kier molecular flexibility index (Phi) is 3.00. The van der Waals surface area contributed by atoms with E-state index in [2.05, 4.69) is 25.7 Å². The molecule has 0 saturated heterocycles. The zero-order valence-electron chi connectivity index (χ0n) is 9.31. The molecule has 0 saturated carbocycles. The summed E-state index contributed by atoms with van der Waals surface area (Å²) in [5, 5.41) is 10.2. The molecule has 0 fully saturated rings. The van der Waals surface area contributed by atoms with Crippen LogP contribution in [0.3, 0.4) is 0 Å². The zero-order valence-corrected chi connectivity index (χ0v) is 9.31. The van der Waals surface area contributed by atoms with Crippen LogP contribution in [-0.4, -0.2) is 26.8 Å². The quantitative estimate of drug-likeness (QED) is 0.796. The third-order valence-corrected chi connectivity index (χ3v) is 2.12. The van der Waals surface area contributed by atoms with Gasteiger partial charge in [-0.05, 0) is 0 Å². The van der Waals surface area contributed by atoms with Crippen LogP contribution in [0.1, 0.15) is 5.56 Å². The number of aromatic nitrogens is 4. The van der Waals surface area contributed by atoms with Crippen molar-refractivity contribution in [1.82, 2.24) is 19.7 Å². The van der Waals surface area contributed by atoms with Gasteiger partial charge in [-0.1, -0.05) is 0 Å². The van der Waals surface area contributed by atoms with Gasteiger partial charge in [-0.3, -0.25) is 9.67 Å². The number of aryl methyl sites for hydroxylation is 1. The average Bonchev–Trinajstić information content (AvgIpc) is 2.73. The number of nitrogens with one attached hydrogen (secondary N) is 2. The molecular formula is C10H14N6. The molecule has 2 aromatic rings. The molecule has 16 heavy (non-hydrogen) atoms. The second kappa shape index (κ2) is 4.61. The second-order valence-corrected chi connectivity index (χ2v) is 3.42. The van der Waals surface area contributed by atoms with Gasteiger partial charge in [0.15, 0.2) is 0 Å². The first-order valence-electron chi connectivity index (χ1n) is 4.99. The molecule has 2 N–H and O–H groups in total. The molecule has 0 aromatic carbocycles. The molecule has 0 aliphatic rings. The molecule has 0 aliphatic carbocycles. The normalized spacial score (nSPS) is 10.1. The highest BCUT2D eigenvalue weighted by Crippen LogP contribution is 2.07. The Bertz CT molecular complexity index is 464. The molecule has 0 aliphatic heterocycles. The number of rotatable bonds is 4. The van der Waals surface area contributed by atoms with Crippen molar-refractivity contribution in [1.29, 1.82) is 0 Å². The van der Waals surface area contributed by atoms with Gasteiger partial charge in [0, 0.05) is 32.4 Å². The van der Waals surface area contributed by atoms with Crippen LogP contribution in [0.15, 0.2) is 24.8 Å². The van der Waals surface area contributed by atoms with Crippen LogP contribution in [0.2, 0.25) is 0 Å². The Morgan fingerprint density at radius 3 is 2.75 bits per heavy atom. The molecule has 0 atom stereocenters. The van der Waals surface area contributed by atoms with Crippen LogP contribution in [0, 0.1) is 0 Å². The summed E-state index contributed by atoms with van der Waals surface area (Å²) < 4.78 is 1.77. The monoisotopic (exact) mass is 218 g/mol. The highest BCUT2D eigenvalue weighted by Gasteiger charge is 1.98. The number of anilines is 2. The second-order valence-electron chi connectivity index (χ2n) is 3.42. The van der Waals surface area contributed by atoms with Crippen molar-refractivity contribution in [2.45, 2.75) is 6.54 Å². The first-order valence-corrected chi connectivity index (χ1v) is 4.99. The fraction of sp³-hybridized carbons (Fsp3) is 0.300. The van der Waals surface area contributed by atoms with E-state index in [9.17, 15) is 0 Å². The maximum absolute atomic E-state index is 4.30. The van der Waals surface area contributed by atoms with Crippen LogP contribution in [-0.2, 0) is 13.6 Å². The van der Waals surface area contributed by atoms with Crippen LogP contribution >= 0.6 is 0 Å². The van der Waals surface area contributed by atoms with E-state index in [0.717, 1.165) is 17.2 Å². The molecular weight excluding hydrogens is 204 g/mol. The van der Waals surface area contributed by atoms with Gasteiger partial charge in [-0.25, -0.2) is 4.98 Å². The smallest absolute Gasteiger partial charge is 0.147 e. The van der Waals surface area contributed by atoms with Crippen molar-refractivity contribution in [2.75, 3.05) is 17.7 Å². The summed E-state index contributed by atoms with van der Waals surface area (Å²) in [5.74, 6) is 1.49. The SMILES string of the molecule is CNc1cncc(NCc2cnn(C)c2)n1. The topological polar surface area (TPSA) is 67.7 Å². The Morgan fingerprint density at radius 1 is 1.25 bits per heavy atom. The highest BCUT2D eigenvalue weighted by atomic mass is 15.2. The van der Waals surface area contributed by atoms with Crippen LogP contribution in [0.5, 0.6) is 0 Å². The largest absolute Gasteiger partial charge is 0.372 e. The molecule has 0 spiro atoms. The molecule has 0 unspecified atom stereocenters. The molecule has 0 bridgehead atoms. The lowest BCUT2D eigenvalue weighted by atomic mass is 10.3. The Balaban J connectivity index is 1.99. The van der Waals surface area contributed by atoms with E-state index in [4.69, 9.17) is 0 Å². The first kappa shape index (κ1) is 10.4. The lowest BCUT2D eigenvalue weighted by Gasteiger charge is -2.04. The van der Waals surface area contributed by atoms with Gasteiger partial charge >= 0.3 is 0 Å². The Labute approximate surface area is 93.7 Å². The van der Waals surface area contributed by atoms with Crippen LogP contribution in [0.25, 0.3) is 0 Å². The van der Waals surface area contributed by atoms with Crippen LogP contribution < -0.4 is 10.6 Å². The molecule has 0 amide bonds. The van der Waals surface area contributed by atoms with Crippen molar-refractivity contribution in [3.05, 3.63) is 30.4 Å². The average molecular weight is 218 g/mol. The zero-order chi connectivity index (χ0) is 11.4. The fourth-order valence-electron chi connectivity index (χ4n) is 1.33. The van der Waals surface area contributed by atoms with Gasteiger partial charge < -0.3 is 10.6 Å². The van der Waals surface area contributed by atoms with Crippen molar-refractivity contribution < 1.29 is 0 Å². The standard InChI is InChI=1S/C10H14N6/c1-11-9-5-12-6-10(15-9)13-3-8-4-14-16(2)7-8/h4-7H,3H2,1-2H3,(H2,11,13,15). The number of nitrogens with zero attached hydrogens (tertiary/aromatic N) is 4. The Hall–Kier alpha value is -2.11. The van der Waals surface area contributed by atoms with E-state index in [-0.39, 0.29) is 0 Å². The first-order chi connectivity index (χ1) is 7.78. The minimum atomic E-state index is 0.690. The fourth-order valence-corrected chi connectivity index (χ4v) is 1.33. The van der Waals surface area contributed by atoms with E-state index in [0.29, 0.717) is 6.54 Å². The summed E-state index contributed by atoms with van der Waals surface area (Å²) in [6.07, 6.45) is 7.15. The van der Waals surface area contributed by atoms with E-state index < -0.39 is 0 Å². The van der Waals surface area contributed by atoms with Gasteiger partial charge in [0.2, 0.25) is 0 Å². The summed E-state index contributed by atoms with van der Waals surface area (Å²) in [7, 11) is 3.71. The third kappa shape index (κ3) is 2.47. The predicted octanol–water partition coefficient (Wildman–Crippen LogP) is 0.864. The van der Waals surface area contributed by atoms with Crippen molar-refractivity contribution in [3.8, 4) is 0 Å². The molecule has 84 valence electrons. The number of hydrogen-bond acceptors (Lipinski definition) is 5. The predicted molar refractivity (Wildman–Crippen MR) is 62.1 cm³/mol. The van der Waals surface area contributed by atoms with Crippen molar-refractivity contribution in [3.63, 3.8) is 0 Å². The summed E-state index contributed by atoms with van der Waals surface area (Å²) in [6, 6.07) is 0. The van der Waals surface area contributed by atoms with Gasteiger partial charge in [0.05, 0.1) is 18.6 Å². The third-order valence-electron chi connectivity index (χ3n) is 2.12. The van der Waals surface area contributed by atoms with Gasteiger partial charge in [-0.15, -0.1) is 0 Å². The molecule has 2 rings (SSSR count). The van der Waals surface area contributed by atoms with E-state index in [1.807, 2.05) is 26.5 Å². The molecule has 6 heteroatoms. The lowest BCUT2D eigenvalue weighted by Crippen LogP contribution is -2.03. The summed E-state index contributed by atoms with van der Waals surface area (Å²) in [6.45, 7) is 0.690. The summed E-state index contributed by atoms with van der Waals surface area (Å²) >= 11 is 0. The van der Waals surface area contributed by atoms with Gasteiger partial charge in [0.25, 0.3) is 0 Å². The van der Waals surface area contributed by atoms with E-state index >= 15 is 0 Å². The minimum absolute atomic E-state index is 0.690. The van der Waals surface area contributed by atoms with Gasteiger partial charge in [0.1, 0.15) is 11.6 Å². The molecule has 6 nitrogen and oxygen atoms in total. The maximum Gasteiger partial charge on any atom is 0.147 e. The number of hydrogen-bond donors (Lipinski definition) is 2. The van der Waals surface area contributed by atoms with Crippen molar-refractivity contribution in [2.24, 2.45) is 7.05 Å². The molecule has 2 aromatic heterocycles. The molecule has 0 radical (unpaired) electrons. The summed E-state index contributed by atoms with van der Waals surface area (Å²) in [4.78, 5) is 8.37. The van der Waals surface area contributed by atoms with Crippen LogP contribution in [0.4, 0.5) is 11.6 Å². The van der Waals surface area contributed by atoms with E-state index in [1.54, 1.807) is 17.1 Å². The van der Waals surface area contributed by atoms with E-state index in [1.165, 1.54) is 0 Å². The van der Waals surface area contributed by atoms with Crippen molar-refractivity contribution >= 4 is 11.6 Å². The molecule has 2 heterocycles. The summed E-state index contributed by atoms with van der Waals surface area (Å²) in [5.41, 5.74) is 1.11. The lowest BCUT2D eigenvalue weighted by molar-refractivity contribution is 0.767. The highest BCUT2D eigenvalue weighted by molar-refractivity contribution is 5.41. The maximum atomic E-state index is 4.30. The van der Waals surface area contributed by atoms with Gasteiger partial charge in [-0.2, -0.15) is 5.10 Å².